The maximum atomic E-state index is 14.2. The van der Waals surface area contributed by atoms with Gasteiger partial charge in [0.2, 0.25) is 5.91 Å². The van der Waals surface area contributed by atoms with E-state index in [0.717, 1.165) is 28.6 Å². The second-order valence-corrected chi connectivity index (χ2v) is 10.4. The van der Waals surface area contributed by atoms with Crippen molar-refractivity contribution in [2.45, 2.75) is 19.3 Å². The smallest absolute Gasteiger partial charge is 0.228 e. The van der Waals surface area contributed by atoms with Gasteiger partial charge in [-0.3, -0.25) is 14.4 Å². The van der Waals surface area contributed by atoms with Gasteiger partial charge in [0.25, 0.3) is 0 Å². The number of aryl methyl sites for hydroxylation is 1. The zero-order chi connectivity index (χ0) is 28.4. The lowest BCUT2D eigenvalue weighted by atomic mass is 9.86. The number of carbonyl (C=O) groups excluding carboxylic acids is 1. The summed E-state index contributed by atoms with van der Waals surface area (Å²) in [6.45, 7) is 4.51. The predicted molar refractivity (Wildman–Crippen MR) is 149 cm³/mol. The first kappa shape index (κ1) is 27.7. The molecule has 10 heteroatoms. The Hall–Kier alpha value is -3.89. The number of anilines is 1. The molecule has 0 spiro atoms. The summed E-state index contributed by atoms with van der Waals surface area (Å²) in [5.74, 6) is -1.35. The van der Waals surface area contributed by atoms with E-state index in [-0.39, 0.29) is 24.2 Å². The number of hydrogen-bond donors (Lipinski definition) is 0. The third kappa shape index (κ3) is 5.55. The third-order valence-electron chi connectivity index (χ3n) is 7.70. The predicted octanol–water partition coefficient (Wildman–Crippen LogP) is 4.57. The van der Waals surface area contributed by atoms with Crippen LogP contribution in [0.3, 0.4) is 0 Å². The van der Waals surface area contributed by atoms with Crippen LogP contribution < -0.4 is 4.90 Å². The Bertz CT molecular complexity index is 1480. The fourth-order valence-electron chi connectivity index (χ4n) is 5.62. The number of benzene rings is 2. The SMILES string of the molecule is COCCN1C[C@@H](CC(=O)N(C)c2c(C)c(-c3cnn(C)c3)nn2-c2ccccc2)[C@H](c2ccc(F)c(F)c2)C1. The number of likely N-dealkylation sites (tertiary alicyclic amines) is 1. The zero-order valence-corrected chi connectivity index (χ0v) is 23.2. The van der Waals surface area contributed by atoms with Crippen molar-refractivity contribution < 1.29 is 18.3 Å². The van der Waals surface area contributed by atoms with E-state index >= 15 is 0 Å². The molecule has 1 aliphatic heterocycles. The molecule has 0 bridgehead atoms. The number of ether oxygens (including phenoxy) is 1. The summed E-state index contributed by atoms with van der Waals surface area (Å²) in [6, 6.07) is 13.7. The van der Waals surface area contributed by atoms with E-state index in [2.05, 4.69) is 10.00 Å². The van der Waals surface area contributed by atoms with E-state index in [9.17, 15) is 13.6 Å². The van der Waals surface area contributed by atoms with Crippen LogP contribution in [0, 0.1) is 24.5 Å². The second kappa shape index (κ2) is 11.7. The molecular weight excluding hydrogens is 514 g/mol. The van der Waals surface area contributed by atoms with Gasteiger partial charge in [0, 0.05) is 70.5 Å². The number of hydrogen-bond acceptors (Lipinski definition) is 5. The van der Waals surface area contributed by atoms with Crippen molar-refractivity contribution in [3.63, 3.8) is 0 Å². The summed E-state index contributed by atoms with van der Waals surface area (Å²) in [5, 5.41) is 9.19. The summed E-state index contributed by atoms with van der Waals surface area (Å²) in [6.07, 6.45) is 3.90. The standard InChI is InChI=1S/C30H34F2N6O2/c1-20-29(23-16-33-35(2)17-23)34-38(24-8-6-5-7-9-24)30(20)36(3)28(39)15-22-18-37(12-13-40-4)19-25(22)21-10-11-26(31)27(32)14-21/h5-11,14,16-17,22,25H,12-13,15,18-19H2,1-4H3/t22-,25+/m1/s1. The van der Waals surface area contributed by atoms with Crippen molar-refractivity contribution in [3.8, 4) is 16.9 Å². The Labute approximate surface area is 232 Å². The van der Waals surface area contributed by atoms with E-state index in [1.165, 1.54) is 6.07 Å². The van der Waals surface area contributed by atoms with E-state index in [0.29, 0.717) is 37.6 Å². The van der Waals surface area contributed by atoms with Crippen molar-refractivity contribution in [2.75, 3.05) is 45.3 Å². The lowest BCUT2D eigenvalue weighted by Gasteiger charge is -2.24. The van der Waals surface area contributed by atoms with Crippen molar-refractivity contribution in [2.24, 2.45) is 13.0 Å². The first-order chi connectivity index (χ1) is 19.3. The molecule has 2 atom stereocenters. The van der Waals surface area contributed by atoms with Crippen LogP contribution in [0.15, 0.2) is 60.9 Å². The van der Waals surface area contributed by atoms with E-state index in [4.69, 9.17) is 9.84 Å². The molecule has 1 amide bonds. The topological polar surface area (TPSA) is 68.4 Å². The van der Waals surface area contributed by atoms with Crippen LogP contribution in [-0.2, 0) is 16.6 Å². The highest BCUT2D eigenvalue weighted by Crippen LogP contribution is 2.37. The third-order valence-corrected chi connectivity index (χ3v) is 7.70. The number of aromatic nitrogens is 4. The Morgan fingerprint density at radius 1 is 1.12 bits per heavy atom. The quantitative estimate of drug-likeness (QED) is 0.307. The largest absolute Gasteiger partial charge is 0.383 e. The molecule has 5 rings (SSSR count). The minimum Gasteiger partial charge on any atom is -0.383 e. The van der Waals surface area contributed by atoms with E-state index in [1.807, 2.05) is 50.5 Å². The van der Waals surface area contributed by atoms with Gasteiger partial charge < -0.3 is 9.64 Å². The molecule has 210 valence electrons. The number of nitrogens with zero attached hydrogens (tertiary/aromatic N) is 6. The van der Waals surface area contributed by atoms with Crippen LogP contribution in [0.25, 0.3) is 16.9 Å². The van der Waals surface area contributed by atoms with Crippen LogP contribution in [-0.4, -0.2) is 70.8 Å². The number of amides is 1. The Morgan fingerprint density at radius 2 is 1.90 bits per heavy atom. The number of halogens is 2. The van der Waals surface area contributed by atoms with Crippen LogP contribution in [0.2, 0.25) is 0 Å². The average Bonchev–Trinajstić information content (AvgIpc) is 3.65. The summed E-state index contributed by atoms with van der Waals surface area (Å²) in [4.78, 5) is 17.8. The molecule has 2 aromatic carbocycles. The second-order valence-electron chi connectivity index (χ2n) is 10.4. The van der Waals surface area contributed by atoms with Gasteiger partial charge >= 0.3 is 0 Å². The molecule has 3 heterocycles. The zero-order valence-electron chi connectivity index (χ0n) is 23.2. The Balaban J connectivity index is 1.46. The highest BCUT2D eigenvalue weighted by molar-refractivity contribution is 5.94. The van der Waals surface area contributed by atoms with Crippen molar-refractivity contribution >= 4 is 11.7 Å². The van der Waals surface area contributed by atoms with Crippen LogP contribution >= 0.6 is 0 Å². The normalized spacial score (nSPS) is 17.4. The fraction of sp³-hybridized carbons (Fsp3) is 0.367. The molecule has 8 nitrogen and oxygen atoms in total. The maximum Gasteiger partial charge on any atom is 0.228 e. The monoisotopic (exact) mass is 548 g/mol. The van der Waals surface area contributed by atoms with Crippen molar-refractivity contribution in [1.29, 1.82) is 0 Å². The van der Waals surface area contributed by atoms with Crippen molar-refractivity contribution in [1.82, 2.24) is 24.5 Å². The molecule has 0 aliphatic carbocycles. The molecule has 0 radical (unpaired) electrons. The molecule has 1 saturated heterocycles. The lowest BCUT2D eigenvalue weighted by molar-refractivity contribution is -0.119. The maximum absolute atomic E-state index is 14.2. The Morgan fingerprint density at radius 3 is 2.58 bits per heavy atom. The van der Waals surface area contributed by atoms with Crippen molar-refractivity contribution in [3.05, 3.63) is 83.7 Å². The van der Waals surface area contributed by atoms with Gasteiger partial charge in [0.05, 0.1) is 18.5 Å². The molecule has 40 heavy (non-hydrogen) atoms. The summed E-state index contributed by atoms with van der Waals surface area (Å²) in [7, 11) is 5.27. The van der Waals surface area contributed by atoms with Crippen LogP contribution in [0.5, 0.6) is 0 Å². The molecule has 1 aliphatic rings. The summed E-state index contributed by atoms with van der Waals surface area (Å²) < 4.78 is 36.6. The molecular formula is C30H34F2N6O2. The van der Waals surface area contributed by atoms with Gasteiger partial charge in [-0.15, -0.1) is 0 Å². The van der Waals surface area contributed by atoms with Gasteiger partial charge in [-0.05, 0) is 42.7 Å². The number of para-hydroxylation sites is 1. The lowest BCUT2D eigenvalue weighted by Crippen LogP contribution is -2.32. The summed E-state index contributed by atoms with van der Waals surface area (Å²) >= 11 is 0. The van der Waals surface area contributed by atoms with Gasteiger partial charge in [-0.2, -0.15) is 10.2 Å². The van der Waals surface area contributed by atoms with Gasteiger partial charge in [0.15, 0.2) is 11.6 Å². The van der Waals surface area contributed by atoms with Crippen LogP contribution in [0.4, 0.5) is 14.6 Å². The summed E-state index contributed by atoms with van der Waals surface area (Å²) in [5.41, 5.74) is 4.00. The number of methoxy groups -OCH3 is 1. The molecule has 0 saturated carbocycles. The molecule has 0 N–H and O–H groups in total. The minimum atomic E-state index is -0.876. The first-order valence-corrected chi connectivity index (χ1v) is 13.3. The van der Waals surface area contributed by atoms with Gasteiger partial charge in [-0.25, -0.2) is 13.5 Å². The number of rotatable bonds is 9. The molecule has 0 unspecified atom stereocenters. The van der Waals surface area contributed by atoms with Crippen LogP contribution in [0.1, 0.15) is 23.5 Å². The van der Waals surface area contributed by atoms with E-state index in [1.54, 1.807) is 40.7 Å². The molecule has 1 fully saturated rings. The van der Waals surface area contributed by atoms with Gasteiger partial charge in [0.1, 0.15) is 11.5 Å². The first-order valence-electron chi connectivity index (χ1n) is 13.3. The number of carbonyl (C=O) groups is 1. The van der Waals surface area contributed by atoms with E-state index < -0.39 is 11.6 Å². The minimum absolute atomic E-state index is 0.0795. The Kier molecular flexibility index (Phi) is 8.09. The highest BCUT2D eigenvalue weighted by atomic mass is 19.2. The fourth-order valence-corrected chi connectivity index (χ4v) is 5.62. The molecule has 4 aromatic rings. The van der Waals surface area contributed by atoms with Gasteiger partial charge in [-0.1, -0.05) is 24.3 Å². The average molecular weight is 549 g/mol. The highest BCUT2D eigenvalue weighted by Gasteiger charge is 2.36. The molecule has 2 aromatic heterocycles.